The number of aryl methyl sites for hydroxylation is 1. The molecular weight excluding hydrogens is 273 g/mol. The first-order valence-electron chi connectivity index (χ1n) is 6.33. The topological polar surface area (TPSA) is 18.5 Å². The Kier molecular flexibility index (Phi) is 6.03. The Bertz CT molecular complexity index is 421. The van der Waals surface area contributed by atoms with E-state index in [0.717, 1.165) is 6.07 Å². The van der Waals surface area contributed by atoms with E-state index in [2.05, 4.69) is 0 Å². The summed E-state index contributed by atoms with van der Waals surface area (Å²) in [5, 5.41) is 0. The Balaban J connectivity index is 2.76. The van der Waals surface area contributed by atoms with E-state index in [1.165, 1.54) is 0 Å². The lowest BCUT2D eigenvalue weighted by molar-refractivity contribution is 0.189. The Morgan fingerprint density at radius 3 is 2.00 bits per heavy atom. The minimum absolute atomic E-state index is 0.150. The third-order valence-electron chi connectivity index (χ3n) is 2.84. The lowest BCUT2D eigenvalue weighted by atomic mass is 10.1. The summed E-state index contributed by atoms with van der Waals surface area (Å²) >= 11 is 0. The molecular formula is C13H19F3O2Si. The van der Waals surface area contributed by atoms with Crippen molar-refractivity contribution in [3.05, 3.63) is 35.1 Å². The predicted molar refractivity (Wildman–Crippen MR) is 69.7 cm³/mol. The highest BCUT2D eigenvalue weighted by molar-refractivity contribution is 6.66. The molecule has 1 aromatic carbocycles. The first-order valence-corrected chi connectivity index (χ1v) is 8.85. The van der Waals surface area contributed by atoms with Gasteiger partial charge in [-0.2, -0.15) is 0 Å². The Hall–Kier alpha value is -0.853. The van der Waals surface area contributed by atoms with E-state index in [1.54, 1.807) is 0 Å². The number of halogens is 3. The van der Waals surface area contributed by atoms with Gasteiger partial charge in [0.15, 0.2) is 11.6 Å². The van der Waals surface area contributed by atoms with Crippen LogP contribution in [0.15, 0.2) is 12.1 Å². The molecule has 0 fully saturated rings. The van der Waals surface area contributed by atoms with Crippen LogP contribution >= 0.6 is 0 Å². The van der Waals surface area contributed by atoms with Crippen LogP contribution in [0.1, 0.15) is 19.4 Å². The van der Waals surface area contributed by atoms with E-state index in [1.807, 2.05) is 20.4 Å². The highest BCUT2D eigenvalue weighted by Gasteiger charge is 2.30. The molecule has 0 spiro atoms. The van der Waals surface area contributed by atoms with Gasteiger partial charge in [0.25, 0.3) is 0 Å². The second kappa shape index (κ2) is 7.07. The first-order chi connectivity index (χ1) is 8.91. The molecule has 0 N–H and O–H groups in total. The minimum Gasteiger partial charge on any atom is -0.395 e. The SMILES string of the molecule is CCO[Si](C)(CCc1cc(F)c(F)cc1F)OCC. The van der Waals surface area contributed by atoms with Crippen LogP contribution in [0.3, 0.4) is 0 Å². The average Bonchev–Trinajstić information content (AvgIpc) is 2.33. The van der Waals surface area contributed by atoms with E-state index in [0.29, 0.717) is 25.3 Å². The van der Waals surface area contributed by atoms with Crippen molar-refractivity contribution in [3.63, 3.8) is 0 Å². The van der Waals surface area contributed by atoms with Crippen LogP contribution < -0.4 is 0 Å². The summed E-state index contributed by atoms with van der Waals surface area (Å²) in [6.07, 6.45) is 0.270. The van der Waals surface area contributed by atoms with Gasteiger partial charge in [0.2, 0.25) is 0 Å². The number of hydrogen-bond donors (Lipinski definition) is 0. The van der Waals surface area contributed by atoms with Crippen LogP contribution in [0, 0.1) is 17.5 Å². The van der Waals surface area contributed by atoms with Crippen molar-refractivity contribution in [1.82, 2.24) is 0 Å². The number of hydrogen-bond acceptors (Lipinski definition) is 2. The molecule has 0 bridgehead atoms. The van der Waals surface area contributed by atoms with Gasteiger partial charge in [-0.3, -0.25) is 0 Å². The van der Waals surface area contributed by atoms with Gasteiger partial charge in [-0.1, -0.05) is 0 Å². The molecule has 0 aliphatic heterocycles. The monoisotopic (exact) mass is 292 g/mol. The Labute approximate surface area is 112 Å². The smallest absolute Gasteiger partial charge is 0.335 e. The zero-order valence-corrected chi connectivity index (χ0v) is 12.4. The maximum absolute atomic E-state index is 13.5. The van der Waals surface area contributed by atoms with Crippen LogP contribution in [0.5, 0.6) is 0 Å². The Morgan fingerprint density at radius 1 is 0.947 bits per heavy atom. The maximum Gasteiger partial charge on any atom is 0.335 e. The molecule has 1 rings (SSSR count). The molecule has 108 valence electrons. The lowest BCUT2D eigenvalue weighted by Gasteiger charge is -2.26. The molecule has 2 nitrogen and oxygen atoms in total. The van der Waals surface area contributed by atoms with E-state index >= 15 is 0 Å². The molecule has 6 heteroatoms. The number of rotatable bonds is 7. The van der Waals surface area contributed by atoms with Gasteiger partial charge in [0.05, 0.1) is 0 Å². The molecule has 0 unspecified atom stereocenters. The zero-order chi connectivity index (χ0) is 14.5. The second-order valence-corrected chi connectivity index (χ2v) is 7.70. The zero-order valence-electron chi connectivity index (χ0n) is 11.4. The maximum atomic E-state index is 13.5. The van der Waals surface area contributed by atoms with Crippen molar-refractivity contribution >= 4 is 8.56 Å². The van der Waals surface area contributed by atoms with Crippen LogP contribution in [-0.2, 0) is 15.3 Å². The predicted octanol–water partition coefficient (Wildman–Crippen LogP) is 3.79. The van der Waals surface area contributed by atoms with Crippen LogP contribution in [0.4, 0.5) is 13.2 Å². The quantitative estimate of drug-likeness (QED) is 0.562. The van der Waals surface area contributed by atoms with Gasteiger partial charge in [0.1, 0.15) is 5.82 Å². The molecule has 0 radical (unpaired) electrons. The van der Waals surface area contributed by atoms with Gasteiger partial charge in [-0.25, -0.2) is 13.2 Å². The molecule has 19 heavy (non-hydrogen) atoms. The summed E-state index contributed by atoms with van der Waals surface area (Å²) < 4.78 is 50.6. The highest BCUT2D eigenvalue weighted by Crippen LogP contribution is 2.21. The third kappa shape index (κ3) is 4.63. The molecule has 0 heterocycles. The fraction of sp³-hybridized carbons (Fsp3) is 0.538. The van der Waals surface area contributed by atoms with E-state index in [9.17, 15) is 13.2 Å². The molecule has 0 atom stereocenters. The average molecular weight is 292 g/mol. The lowest BCUT2D eigenvalue weighted by Crippen LogP contribution is -2.39. The number of benzene rings is 1. The van der Waals surface area contributed by atoms with E-state index in [4.69, 9.17) is 8.85 Å². The summed E-state index contributed by atoms with van der Waals surface area (Å²) in [5.41, 5.74) is 0.150. The highest BCUT2D eigenvalue weighted by atomic mass is 28.4. The van der Waals surface area contributed by atoms with Crippen molar-refractivity contribution in [3.8, 4) is 0 Å². The standard InChI is InChI=1S/C13H19F3O2Si/c1-4-17-19(3,18-5-2)7-6-10-8-12(15)13(16)9-11(10)14/h8-9H,4-7H2,1-3H3. The summed E-state index contributed by atoms with van der Waals surface area (Å²) in [6, 6.07) is 1.97. The Morgan fingerprint density at radius 2 is 1.47 bits per heavy atom. The van der Waals surface area contributed by atoms with Crippen LogP contribution in [0.25, 0.3) is 0 Å². The van der Waals surface area contributed by atoms with Crippen molar-refractivity contribution in [2.75, 3.05) is 13.2 Å². The largest absolute Gasteiger partial charge is 0.395 e. The van der Waals surface area contributed by atoms with E-state index in [-0.39, 0.29) is 12.0 Å². The molecule has 0 aromatic heterocycles. The molecule has 0 aliphatic rings. The van der Waals surface area contributed by atoms with Crippen molar-refractivity contribution in [2.24, 2.45) is 0 Å². The minimum atomic E-state index is -2.37. The van der Waals surface area contributed by atoms with Crippen LogP contribution in [-0.4, -0.2) is 21.8 Å². The molecule has 0 amide bonds. The van der Waals surface area contributed by atoms with Gasteiger partial charge in [-0.05, 0) is 44.5 Å². The van der Waals surface area contributed by atoms with Crippen molar-refractivity contribution in [2.45, 2.75) is 32.9 Å². The summed E-state index contributed by atoms with van der Waals surface area (Å²) in [4.78, 5) is 0. The van der Waals surface area contributed by atoms with Crippen molar-refractivity contribution in [1.29, 1.82) is 0 Å². The molecule has 0 aliphatic carbocycles. The summed E-state index contributed by atoms with van der Waals surface area (Å²) in [5.74, 6) is -2.94. The summed E-state index contributed by atoms with van der Waals surface area (Å²) in [6.45, 7) is 6.65. The van der Waals surface area contributed by atoms with Gasteiger partial charge in [-0.15, -0.1) is 0 Å². The first kappa shape index (κ1) is 16.2. The molecule has 1 aromatic rings. The normalized spacial score (nSPS) is 11.9. The van der Waals surface area contributed by atoms with Gasteiger partial charge in [0, 0.05) is 19.3 Å². The fourth-order valence-corrected chi connectivity index (χ4v) is 4.23. The van der Waals surface area contributed by atoms with Gasteiger partial charge < -0.3 is 8.85 Å². The van der Waals surface area contributed by atoms with E-state index < -0.39 is 26.0 Å². The van der Waals surface area contributed by atoms with Crippen molar-refractivity contribution < 1.29 is 22.0 Å². The van der Waals surface area contributed by atoms with Gasteiger partial charge >= 0.3 is 8.56 Å². The third-order valence-corrected chi connectivity index (χ3v) is 5.79. The fourth-order valence-electron chi connectivity index (χ4n) is 1.91. The molecule has 0 saturated carbocycles. The van der Waals surface area contributed by atoms with Crippen LogP contribution in [0.2, 0.25) is 12.6 Å². The molecule has 0 saturated heterocycles. The second-order valence-electron chi connectivity index (χ2n) is 4.36. The summed E-state index contributed by atoms with van der Waals surface area (Å²) in [7, 11) is -2.37.